The molecule has 4 nitrogen and oxygen atoms in total. The highest BCUT2D eigenvalue weighted by Crippen LogP contribution is 2.65. The van der Waals surface area contributed by atoms with Crippen molar-refractivity contribution in [3.63, 3.8) is 0 Å². The largest absolute Gasteiger partial charge is 0.418 e. The fourth-order valence-electron chi connectivity index (χ4n) is 8.46. The summed E-state index contributed by atoms with van der Waals surface area (Å²) < 4.78 is 20.3. The van der Waals surface area contributed by atoms with Crippen LogP contribution in [0.25, 0.3) is 0 Å². The molecule has 0 aliphatic heterocycles. The van der Waals surface area contributed by atoms with Gasteiger partial charge < -0.3 is 13.6 Å². The second-order valence-corrected chi connectivity index (χ2v) is 29.1. The van der Waals surface area contributed by atoms with Gasteiger partial charge in [0, 0.05) is 10.7 Å². The lowest BCUT2D eigenvalue weighted by Crippen LogP contribution is -2.58. The van der Waals surface area contributed by atoms with E-state index in [0.717, 1.165) is 32.1 Å². The predicted molar refractivity (Wildman–Crippen MR) is 204 cm³/mol. The van der Waals surface area contributed by atoms with Gasteiger partial charge in [-0.2, -0.15) is 0 Å². The highest BCUT2D eigenvalue weighted by Gasteiger charge is 2.59. The van der Waals surface area contributed by atoms with E-state index in [-0.39, 0.29) is 43.7 Å². The summed E-state index contributed by atoms with van der Waals surface area (Å²) in [5.41, 5.74) is 4.55. The Hall–Kier alpha value is -1.39. The van der Waals surface area contributed by atoms with E-state index in [0.29, 0.717) is 17.6 Å². The molecule has 0 saturated heterocycles. The quantitative estimate of drug-likeness (QED) is 0.161. The Balaban J connectivity index is 1.42. The van der Waals surface area contributed by atoms with E-state index < -0.39 is 16.6 Å². The van der Waals surface area contributed by atoms with Crippen LogP contribution < -0.4 is 4.74 Å². The lowest BCUT2D eigenvalue weighted by molar-refractivity contribution is -0.0386. The van der Waals surface area contributed by atoms with Crippen molar-refractivity contribution < 1.29 is 18.4 Å². The van der Waals surface area contributed by atoms with Crippen LogP contribution in [0.4, 0.5) is 4.79 Å². The van der Waals surface area contributed by atoms with Gasteiger partial charge in [0.05, 0.1) is 12.2 Å². The van der Waals surface area contributed by atoms with E-state index in [9.17, 15) is 4.79 Å². The van der Waals surface area contributed by atoms with Crippen LogP contribution in [0.2, 0.25) is 36.3 Å². The number of carbonyl (C=O) groups excluding carboxylic acids is 1. The van der Waals surface area contributed by atoms with Gasteiger partial charge in [0.15, 0.2) is 16.6 Å². The van der Waals surface area contributed by atoms with Gasteiger partial charge in [0.1, 0.15) is 5.75 Å². The first-order valence-electron chi connectivity index (χ1n) is 18.0. The predicted octanol–water partition coefficient (Wildman–Crippen LogP) is 12.1. The van der Waals surface area contributed by atoms with E-state index in [2.05, 4.69) is 107 Å². The number of hydrogen-bond donors (Lipinski definition) is 0. The van der Waals surface area contributed by atoms with Crippen LogP contribution in [0.15, 0.2) is 65.3 Å². The lowest BCUT2D eigenvalue weighted by Gasteiger charge is -2.59. The Labute approximate surface area is 292 Å². The number of ether oxygens (including phenoxy) is 1. The average Bonchev–Trinajstić information content (AvgIpc) is 3.30. The zero-order chi connectivity index (χ0) is 34.8. The van der Waals surface area contributed by atoms with E-state index in [1.54, 1.807) is 5.57 Å². The Morgan fingerprint density at radius 3 is 2.15 bits per heavy atom. The number of allylic oxidation sites excluding steroid dienone is 4. The maximum absolute atomic E-state index is 12.9. The van der Waals surface area contributed by atoms with Crippen molar-refractivity contribution >= 4 is 33.7 Å². The van der Waals surface area contributed by atoms with Gasteiger partial charge in [-0.1, -0.05) is 109 Å². The fraction of sp³-hybridized carbons (Fsp3) is 0.675. The van der Waals surface area contributed by atoms with Gasteiger partial charge in [0.25, 0.3) is 0 Å². The Morgan fingerprint density at radius 2 is 1.53 bits per heavy atom. The minimum atomic E-state index is -2.06. The van der Waals surface area contributed by atoms with Crippen molar-refractivity contribution in [1.82, 2.24) is 0 Å². The van der Waals surface area contributed by atoms with E-state index >= 15 is 0 Å². The van der Waals surface area contributed by atoms with Crippen LogP contribution in [0.5, 0.6) is 5.75 Å². The Kier molecular flexibility index (Phi) is 10.00. The van der Waals surface area contributed by atoms with Crippen LogP contribution >= 0.6 is 11.8 Å². The number of fused-ring (bicyclic) bond motifs is 5. The standard InChI is InChI=1S/C40H62O4SSi2/c1-27(45-36(41)42-29-17-15-14-16-18-29)32-21-22-33-31-20-19-28-25-30(43-46(10,11)37(2,3)4)26-35(44-47(12,13)38(5,6)7)40(28,9)34(31)23-24-39(32,33)8/h14-21,27,30,33-35H,22-26H2,1-13H3/t27?,30?,33-,34-,35?,39+,40-/m0/s1. The highest BCUT2D eigenvalue weighted by atomic mass is 32.2. The molecule has 4 aliphatic rings. The summed E-state index contributed by atoms with van der Waals surface area (Å²) >= 11 is 1.32. The third-order valence-corrected chi connectivity index (χ3v) is 23.3. The average molecular weight is 695 g/mol. The molecule has 7 heteroatoms. The van der Waals surface area contributed by atoms with Gasteiger partial charge in [-0.25, -0.2) is 4.79 Å². The number of thioether (sulfide) groups is 1. The van der Waals surface area contributed by atoms with Crippen LogP contribution in [-0.4, -0.2) is 39.4 Å². The molecule has 1 aromatic rings. The monoisotopic (exact) mass is 694 g/mol. The van der Waals surface area contributed by atoms with Gasteiger partial charge in [-0.05, 0) is 116 Å². The smallest absolute Gasteiger partial charge is 0.373 e. The molecule has 0 spiro atoms. The first kappa shape index (κ1) is 36.9. The van der Waals surface area contributed by atoms with Gasteiger partial charge >= 0.3 is 5.30 Å². The van der Waals surface area contributed by atoms with Crippen LogP contribution in [0, 0.1) is 22.7 Å². The second-order valence-electron chi connectivity index (χ2n) is 18.3. The molecule has 5 rings (SSSR count). The molecule has 1 aromatic carbocycles. The highest BCUT2D eigenvalue weighted by molar-refractivity contribution is 8.14. The summed E-state index contributed by atoms with van der Waals surface area (Å²) in [7, 11) is -4.00. The van der Waals surface area contributed by atoms with Crippen LogP contribution in [0.1, 0.15) is 94.4 Å². The number of benzene rings is 1. The summed E-state index contributed by atoms with van der Waals surface area (Å²) in [4.78, 5) is 12.9. The van der Waals surface area contributed by atoms with Crippen molar-refractivity contribution in [1.29, 1.82) is 0 Å². The molecule has 260 valence electrons. The van der Waals surface area contributed by atoms with Crippen LogP contribution in [-0.2, 0) is 8.85 Å². The first-order chi connectivity index (χ1) is 21.6. The molecular formula is C40H62O4SSi2. The number of carbonyl (C=O) groups is 1. The summed E-state index contributed by atoms with van der Waals surface area (Å²) in [6, 6.07) is 9.40. The lowest BCUT2D eigenvalue weighted by atomic mass is 9.49. The van der Waals surface area contributed by atoms with Crippen molar-refractivity contribution in [3.05, 3.63) is 65.3 Å². The van der Waals surface area contributed by atoms with E-state index in [4.69, 9.17) is 13.6 Å². The van der Waals surface area contributed by atoms with Crippen molar-refractivity contribution in [3.8, 4) is 5.75 Å². The van der Waals surface area contributed by atoms with Crippen molar-refractivity contribution in [2.75, 3.05) is 0 Å². The summed E-state index contributed by atoms with van der Waals surface area (Å²) in [5, 5.41) is 0.149. The minimum absolute atomic E-state index is 0.0436. The van der Waals surface area contributed by atoms with Gasteiger partial charge in [0.2, 0.25) is 0 Å². The number of para-hydroxylation sites is 1. The fourth-order valence-corrected chi connectivity index (χ4v) is 12.2. The second kappa shape index (κ2) is 12.7. The van der Waals surface area contributed by atoms with Crippen molar-refractivity contribution in [2.45, 2.75) is 148 Å². The molecule has 2 saturated carbocycles. The van der Waals surface area contributed by atoms with E-state index in [1.165, 1.54) is 22.9 Å². The maximum Gasteiger partial charge on any atom is 0.373 e. The first-order valence-corrected chi connectivity index (χ1v) is 24.7. The molecule has 0 amide bonds. The van der Waals surface area contributed by atoms with E-state index in [1.807, 2.05) is 30.3 Å². The zero-order valence-corrected chi connectivity index (χ0v) is 34.4. The molecule has 3 unspecified atom stereocenters. The molecule has 2 fully saturated rings. The summed E-state index contributed by atoms with van der Waals surface area (Å²) in [6.45, 7) is 31.0. The van der Waals surface area contributed by atoms with Gasteiger partial charge in [-0.15, -0.1) is 0 Å². The summed E-state index contributed by atoms with van der Waals surface area (Å²) in [5.74, 6) is 1.51. The molecule has 0 radical (unpaired) electrons. The Morgan fingerprint density at radius 1 is 0.915 bits per heavy atom. The zero-order valence-electron chi connectivity index (χ0n) is 31.6. The summed E-state index contributed by atoms with van der Waals surface area (Å²) in [6.07, 6.45) is 13.0. The molecule has 4 aliphatic carbocycles. The number of hydrogen-bond acceptors (Lipinski definition) is 5. The van der Waals surface area contributed by atoms with Crippen molar-refractivity contribution in [2.24, 2.45) is 22.7 Å². The SMILES string of the molecule is CC(SC(=O)Oc1ccccc1)C1=CC[C@H]2C3=CC=C4CC(O[Si](C)(C)C(C)(C)C)CC(O[Si](C)(C)C(C)(C)C)[C@]4(C)[C@H]3CC[C@]12C. The molecule has 0 N–H and O–H groups in total. The molecular weight excluding hydrogens is 633 g/mol. The third kappa shape index (κ3) is 6.87. The van der Waals surface area contributed by atoms with Gasteiger partial charge in [-0.3, -0.25) is 0 Å². The molecule has 0 heterocycles. The Bertz CT molecular complexity index is 1430. The normalized spacial score (nSPS) is 31.9. The minimum Gasteiger partial charge on any atom is -0.418 e. The number of rotatable bonds is 7. The maximum atomic E-state index is 12.9. The topological polar surface area (TPSA) is 44.8 Å². The molecule has 47 heavy (non-hydrogen) atoms. The molecule has 7 atom stereocenters. The molecule has 0 bridgehead atoms. The third-order valence-electron chi connectivity index (χ3n) is 13.4. The van der Waals surface area contributed by atoms with Crippen LogP contribution in [0.3, 0.4) is 0 Å². The molecule has 0 aromatic heterocycles.